The topological polar surface area (TPSA) is 70.8 Å². The van der Waals surface area contributed by atoms with Gasteiger partial charge < -0.3 is 25.0 Å². The molecule has 0 spiro atoms. The maximum absolute atomic E-state index is 9.94. The second-order valence-corrected chi connectivity index (χ2v) is 5.09. The van der Waals surface area contributed by atoms with Gasteiger partial charge in [0.2, 0.25) is 0 Å². The van der Waals surface area contributed by atoms with Gasteiger partial charge in [-0.05, 0) is 30.2 Å². The van der Waals surface area contributed by atoms with Crippen molar-refractivity contribution in [2.75, 3.05) is 27.2 Å². The SMILES string of the molecule is CN=C(NCCc1ccc(OC)cc1O)NCCn1cccc1. The zero-order valence-corrected chi connectivity index (χ0v) is 13.6. The summed E-state index contributed by atoms with van der Waals surface area (Å²) in [7, 11) is 3.33. The Kier molecular flexibility index (Phi) is 6.35. The number of nitrogens with zero attached hydrogens (tertiary/aromatic N) is 2. The first kappa shape index (κ1) is 16.7. The lowest BCUT2D eigenvalue weighted by Gasteiger charge is -2.13. The van der Waals surface area contributed by atoms with Gasteiger partial charge in [-0.25, -0.2) is 0 Å². The highest BCUT2D eigenvalue weighted by Gasteiger charge is 2.04. The van der Waals surface area contributed by atoms with Crippen LogP contribution < -0.4 is 15.4 Å². The minimum Gasteiger partial charge on any atom is -0.508 e. The minimum absolute atomic E-state index is 0.252. The number of aromatic nitrogens is 1. The highest BCUT2D eigenvalue weighted by atomic mass is 16.5. The first-order valence-electron chi connectivity index (χ1n) is 7.64. The molecule has 6 heteroatoms. The molecule has 3 N–H and O–H groups in total. The van der Waals surface area contributed by atoms with Gasteiger partial charge in [0.05, 0.1) is 7.11 Å². The summed E-state index contributed by atoms with van der Waals surface area (Å²) < 4.78 is 7.19. The van der Waals surface area contributed by atoms with Gasteiger partial charge in [0.25, 0.3) is 0 Å². The van der Waals surface area contributed by atoms with Crippen LogP contribution in [0.2, 0.25) is 0 Å². The maximum atomic E-state index is 9.94. The summed E-state index contributed by atoms with van der Waals surface area (Å²) in [5.74, 6) is 1.66. The third kappa shape index (κ3) is 5.25. The van der Waals surface area contributed by atoms with Crippen LogP contribution in [0.15, 0.2) is 47.7 Å². The van der Waals surface area contributed by atoms with Gasteiger partial charge >= 0.3 is 0 Å². The fraction of sp³-hybridized carbons (Fsp3) is 0.353. The number of aliphatic imine (C=N–C) groups is 1. The van der Waals surface area contributed by atoms with Crippen molar-refractivity contribution in [2.24, 2.45) is 4.99 Å². The predicted octanol–water partition coefficient (Wildman–Crippen LogP) is 1.61. The second kappa shape index (κ2) is 8.73. The first-order chi connectivity index (χ1) is 11.2. The number of rotatable bonds is 7. The lowest BCUT2D eigenvalue weighted by atomic mass is 10.1. The summed E-state index contributed by atoms with van der Waals surface area (Å²) in [5, 5.41) is 16.4. The molecule has 2 rings (SSSR count). The number of phenols is 1. The molecule has 0 atom stereocenters. The molecule has 6 nitrogen and oxygen atoms in total. The molecule has 1 aromatic carbocycles. The Morgan fingerprint density at radius 2 is 1.96 bits per heavy atom. The molecular formula is C17H24N4O2. The standard InChI is InChI=1S/C17H24N4O2/c1-18-17(20-9-12-21-10-3-4-11-21)19-8-7-14-5-6-15(23-2)13-16(14)22/h3-6,10-11,13,22H,7-9,12H2,1-2H3,(H2,18,19,20). The molecule has 0 fully saturated rings. The number of phenolic OH excluding ortho intramolecular Hbond substituents is 1. The third-order valence-corrected chi connectivity index (χ3v) is 3.53. The van der Waals surface area contributed by atoms with E-state index in [1.54, 1.807) is 20.2 Å². The predicted molar refractivity (Wildman–Crippen MR) is 92.2 cm³/mol. The Morgan fingerprint density at radius 3 is 2.61 bits per heavy atom. The van der Waals surface area contributed by atoms with Crippen molar-refractivity contribution >= 4 is 5.96 Å². The fourth-order valence-corrected chi connectivity index (χ4v) is 2.24. The normalized spacial score (nSPS) is 11.3. The van der Waals surface area contributed by atoms with Crippen LogP contribution in [0.4, 0.5) is 0 Å². The summed E-state index contributed by atoms with van der Waals surface area (Å²) >= 11 is 0. The van der Waals surface area contributed by atoms with Crippen molar-refractivity contribution in [1.82, 2.24) is 15.2 Å². The van der Waals surface area contributed by atoms with E-state index >= 15 is 0 Å². The molecule has 0 radical (unpaired) electrons. The molecular weight excluding hydrogens is 292 g/mol. The number of guanidine groups is 1. The molecule has 2 aromatic rings. The molecule has 0 aliphatic heterocycles. The summed E-state index contributed by atoms with van der Waals surface area (Å²) in [6.45, 7) is 2.36. The minimum atomic E-state index is 0.252. The van der Waals surface area contributed by atoms with Crippen molar-refractivity contribution in [2.45, 2.75) is 13.0 Å². The molecule has 0 bridgehead atoms. The van der Waals surface area contributed by atoms with E-state index in [9.17, 15) is 5.11 Å². The number of ether oxygens (including phenoxy) is 1. The number of nitrogens with one attached hydrogen (secondary N) is 2. The lowest BCUT2D eigenvalue weighted by molar-refractivity contribution is 0.406. The van der Waals surface area contributed by atoms with Gasteiger partial charge in [0.1, 0.15) is 11.5 Å². The summed E-state index contributed by atoms with van der Waals surface area (Å²) in [6, 6.07) is 9.36. The largest absolute Gasteiger partial charge is 0.508 e. The van der Waals surface area contributed by atoms with Crippen LogP contribution in [0.3, 0.4) is 0 Å². The van der Waals surface area contributed by atoms with Gasteiger partial charge in [0, 0.05) is 45.1 Å². The first-order valence-corrected chi connectivity index (χ1v) is 7.64. The van der Waals surface area contributed by atoms with E-state index in [2.05, 4.69) is 20.2 Å². The van der Waals surface area contributed by atoms with Crippen LogP contribution in [-0.2, 0) is 13.0 Å². The highest BCUT2D eigenvalue weighted by molar-refractivity contribution is 5.79. The highest BCUT2D eigenvalue weighted by Crippen LogP contribution is 2.23. The molecule has 124 valence electrons. The quantitative estimate of drug-likeness (QED) is 0.536. The zero-order valence-electron chi connectivity index (χ0n) is 13.6. The number of methoxy groups -OCH3 is 1. The number of aromatic hydroxyl groups is 1. The third-order valence-electron chi connectivity index (χ3n) is 3.53. The molecule has 0 aliphatic rings. The smallest absolute Gasteiger partial charge is 0.191 e. The Labute approximate surface area is 136 Å². The van der Waals surface area contributed by atoms with E-state index < -0.39 is 0 Å². The van der Waals surface area contributed by atoms with Gasteiger partial charge in [-0.2, -0.15) is 0 Å². The van der Waals surface area contributed by atoms with E-state index in [1.165, 1.54) is 0 Å². The summed E-state index contributed by atoms with van der Waals surface area (Å²) in [6.07, 6.45) is 4.77. The van der Waals surface area contributed by atoms with Crippen LogP contribution in [0.5, 0.6) is 11.5 Å². The maximum Gasteiger partial charge on any atom is 0.191 e. The summed E-state index contributed by atoms with van der Waals surface area (Å²) in [5.41, 5.74) is 0.876. The molecule has 0 saturated heterocycles. The Morgan fingerprint density at radius 1 is 1.22 bits per heavy atom. The summed E-state index contributed by atoms with van der Waals surface area (Å²) in [4.78, 5) is 4.19. The zero-order chi connectivity index (χ0) is 16.5. The number of hydrogen-bond acceptors (Lipinski definition) is 3. The molecule has 0 aliphatic carbocycles. The fourth-order valence-electron chi connectivity index (χ4n) is 2.24. The Hall–Kier alpha value is -2.63. The number of hydrogen-bond donors (Lipinski definition) is 3. The molecule has 23 heavy (non-hydrogen) atoms. The van der Waals surface area contributed by atoms with E-state index in [0.717, 1.165) is 24.6 Å². The van der Waals surface area contributed by atoms with Crippen LogP contribution in [0, 0.1) is 0 Å². The second-order valence-electron chi connectivity index (χ2n) is 5.09. The van der Waals surface area contributed by atoms with Crippen molar-refractivity contribution in [1.29, 1.82) is 0 Å². The van der Waals surface area contributed by atoms with Crippen LogP contribution in [-0.4, -0.2) is 42.9 Å². The van der Waals surface area contributed by atoms with E-state index in [-0.39, 0.29) is 5.75 Å². The van der Waals surface area contributed by atoms with Gasteiger partial charge in [0.15, 0.2) is 5.96 Å². The van der Waals surface area contributed by atoms with Crippen LogP contribution >= 0.6 is 0 Å². The van der Waals surface area contributed by atoms with Crippen molar-refractivity contribution in [3.05, 3.63) is 48.3 Å². The van der Waals surface area contributed by atoms with Crippen LogP contribution in [0.25, 0.3) is 0 Å². The average Bonchev–Trinajstić information content (AvgIpc) is 3.08. The molecule has 1 heterocycles. The lowest BCUT2D eigenvalue weighted by Crippen LogP contribution is -2.39. The molecule has 0 saturated carbocycles. The molecule has 1 aromatic heterocycles. The Balaban J connectivity index is 1.73. The van der Waals surface area contributed by atoms with Crippen molar-refractivity contribution < 1.29 is 9.84 Å². The van der Waals surface area contributed by atoms with E-state index in [0.29, 0.717) is 18.7 Å². The van der Waals surface area contributed by atoms with Crippen molar-refractivity contribution in [3.8, 4) is 11.5 Å². The van der Waals surface area contributed by atoms with Gasteiger partial charge in [-0.3, -0.25) is 4.99 Å². The van der Waals surface area contributed by atoms with Gasteiger partial charge in [-0.1, -0.05) is 6.07 Å². The average molecular weight is 316 g/mol. The van der Waals surface area contributed by atoms with E-state index in [4.69, 9.17) is 4.74 Å². The van der Waals surface area contributed by atoms with Crippen LogP contribution in [0.1, 0.15) is 5.56 Å². The van der Waals surface area contributed by atoms with Gasteiger partial charge in [-0.15, -0.1) is 0 Å². The van der Waals surface area contributed by atoms with E-state index in [1.807, 2.05) is 36.7 Å². The number of benzene rings is 1. The van der Waals surface area contributed by atoms with Crippen molar-refractivity contribution in [3.63, 3.8) is 0 Å². The Bertz CT molecular complexity index is 624. The molecule has 0 unspecified atom stereocenters. The monoisotopic (exact) mass is 316 g/mol. The molecule has 0 amide bonds.